The fourth-order valence-electron chi connectivity index (χ4n) is 3.76. The number of benzene rings is 2. The van der Waals surface area contributed by atoms with Gasteiger partial charge < -0.3 is 9.47 Å². The molecule has 152 valence electrons. The Morgan fingerprint density at radius 2 is 2.03 bits per heavy atom. The van der Waals surface area contributed by atoms with Crippen LogP contribution in [0.15, 0.2) is 40.9 Å². The molecule has 5 rings (SSSR count). The first-order valence-corrected chi connectivity index (χ1v) is 10.2. The number of nitro benzene ring substituents is 1. The van der Waals surface area contributed by atoms with Gasteiger partial charge >= 0.3 is 0 Å². The number of nitro groups is 1. The molecule has 3 aromatic rings. The third-order valence-corrected chi connectivity index (χ3v) is 5.88. The molecule has 2 aliphatic heterocycles. The van der Waals surface area contributed by atoms with Crippen LogP contribution in [0.4, 0.5) is 10.8 Å². The van der Waals surface area contributed by atoms with Gasteiger partial charge in [-0.05, 0) is 50.1 Å². The SMILES string of the molecule is Cc1cc(C2=NN(c3nncs3)[C@H](C)Cc3cc4c(cc32)OCO4)ccc1[N+](=O)[O-]. The molecule has 1 atom stereocenters. The van der Waals surface area contributed by atoms with Gasteiger partial charge in [-0.2, -0.15) is 5.10 Å². The van der Waals surface area contributed by atoms with E-state index in [1.165, 1.54) is 17.4 Å². The highest BCUT2D eigenvalue weighted by Gasteiger charge is 2.29. The molecule has 2 aromatic carbocycles. The van der Waals surface area contributed by atoms with Crippen LogP contribution >= 0.6 is 11.3 Å². The van der Waals surface area contributed by atoms with Crippen molar-refractivity contribution in [3.63, 3.8) is 0 Å². The first-order valence-electron chi connectivity index (χ1n) is 9.33. The number of nitrogens with zero attached hydrogens (tertiary/aromatic N) is 5. The van der Waals surface area contributed by atoms with Gasteiger partial charge in [-0.25, -0.2) is 5.01 Å². The molecular weight excluding hydrogens is 406 g/mol. The average Bonchev–Trinajstić information content (AvgIpc) is 3.37. The van der Waals surface area contributed by atoms with E-state index in [1.807, 2.05) is 17.1 Å². The number of hydrogen-bond acceptors (Lipinski definition) is 9. The smallest absolute Gasteiger partial charge is 0.272 e. The summed E-state index contributed by atoms with van der Waals surface area (Å²) in [6.45, 7) is 3.99. The van der Waals surface area contributed by atoms with Crippen LogP contribution in [0.3, 0.4) is 0 Å². The number of hydrogen-bond donors (Lipinski definition) is 0. The molecule has 2 aliphatic rings. The van der Waals surface area contributed by atoms with Gasteiger partial charge in [0.15, 0.2) is 11.5 Å². The van der Waals surface area contributed by atoms with E-state index in [0.717, 1.165) is 16.7 Å². The number of ether oxygens (including phenoxy) is 2. The number of fused-ring (bicyclic) bond motifs is 2. The normalized spacial score (nSPS) is 17.3. The second-order valence-corrected chi connectivity index (χ2v) is 8.00. The van der Waals surface area contributed by atoms with E-state index >= 15 is 0 Å². The number of aromatic nitrogens is 2. The Morgan fingerprint density at radius 3 is 2.73 bits per heavy atom. The standard InChI is InChI=1S/C20H17N5O4S/c1-11-5-13(3-4-16(11)25(26)27)19-15-8-18-17(28-10-29-18)7-14(15)6-12(2)24(23-19)20-22-21-9-30-20/h3-5,7-9,12H,6,10H2,1-2H3/t12-/m1/s1. The lowest BCUT2D eigenvalue weighted by Gasteiger charge is -2.21. The zero-order valence-corrected chi connectivity index (χ0v) is 17.0. The third-order valence-electron chi connectivity index (χ3n) is 5.21. The van der Waals surface area contributed by atoms with Crippen LogP contribution in [-0.2, 0) is 6.42 Å². The van der Waals surface area contributed by atoms with Crippen molar-refractivity contribution < 1.29 is 14.4 Å². The molecule has 0 unspecified atom stereocenters. The van der Waals surface area contributed by atoms with Crippen LogP contribution < -0.4 is 14.5 Å². The quantitative estimate of drug-likeness (QED) is 0.467. The summed E-state index contributed by atoms with van der Waals surface area (Å²) < 4.78 is 11.2. The molecule has 9 nitrogen and oxygen atoms in total. The second-order valence-electron chi connectivity index (χ2n) is 7.19. The summed E-state index contributed by atoms with van der Waals surface area (Å²) in [4.78, 5) is 10.9. The van der Waals surface area contributed by atoms with Crippen molar-refractivity contribution >= 4 is 27.9 Å². The fourth-order valence-corrected chi connectivity index (χ4v) is 4.37. The molecule has 0 radical (unpaired) electrons. The third kappa shape index (κ3) is 3.05. The minimum absolute atomic E-state index is 0.0220. The van der Waals surface area contributed by atoms with Gasteiger partial charge in [0.1, 0.15) is 5.51 Å². The Balaban J connectivity index is 1.71. The van der Waals surface area contributed by atoms with E-state index in [4.69, 9.17) is 14.6 Å². The Hall–Kier alpha value is -3.53. The van der Waals surface area contributed by atoms with Crippen molar-refractivity contribution in [1.29, 1.82) is 0 Å². The largest absolute Gasteiger partial charge is 0.454 e. The monoisotopic (exact) mass is 423 g/mol. The van der Waals surface area contributed by atoms with Gasteiger partial charge in [-0.1, -0.05) is 11.3 Å². The highest BCUT2D eigenvalue weighted by atomic mass is 32.1. The minimum Gasteiger partial charge on any atom is -0.454 e. The number of rotatable bonds is 3. The maximum atomic E-state index is 11.3. The maximum absolute atomic E-state index is 11.3. The lowest BCUT2D eigenvalue weighted by molar-refractivity contribution is -0.385. The predicted octanol–water partition coefficient (Wildman–Crippen LogP) is 3.69. The highest BCUT2D eigenvalue weighted by Crippen LogP contribution is 2.38. The Morgan fingerprint density at radius 1 is 1.23 bits per heavy atom. The van der Waals surface area contributed by atoms with E-state index in [9.17, 15) is 10.1 Å². The first-order chi connectivity index (χ1) is 14.5. The molecule has 0 aliphatic carbocycles. The molecule has 1 aromatic heterocycles. The van der Waals surface area contributed by atoms with Gasteiger partial charge in [0.05, 0.1) is 16.7 Å². The number of aryl methyl sites for hydroxylation is 1. The van der Waals surface area contributed by atoms with Crippen molar-refractivity contribution in [1.82, 2.24) is 10.2 Å². The van der Waals surface area contributed by atoms with Gasteiger partial charge in [0.2, 0.25) is 11.9 Å². The number of hydrazone groups is 1. The van der Waals surface area contributed by atoms with Crippen LogP contribution in [0.1, 0.15) is 29.2 Å². The molecule has 0 fully saturated rings. The van der Waals surface area contributed by atoms with Gasteiger partial charge in [-0.15, -0.1) is 10.2 Å². The lowest BCUT2D eigenvalue weighted by atomic mass is 9.93. The second kappa shape index (κ2) is 7.06. The van der Waals surface area contributed by atoms with Crippen LogP contribution in [-0.4, -0.2) is 33.7 Å². The van der Waals surface area contributed by atoms with Crippen molar-refractivity contribution in [2.24, 2.45) is 5.10 Å². The van der Waals surface area contributed by atoms with Crippen molar-refractivity contribution in [2.45, 2.75) is 26.3 Å². The summed E-state index contributed by atoms with van der Waals surface area (Å²) in [5.74, 6) is 1.38. The van der Waals surface area contributed by atoms with Crippen LogP contribution in [0.5, 0.6) is 11.5 Å². The zero-order chi connectivity index (χ0) is 20.8. The average molecular weight is 423 g/mol. The lowest BCUT2D eigenvalue weighted by Crippen LogP contribution is -2.29. The van der Waals surface area contributed by atoms with Gasteiger partial charge in [0.25, 0.3) is 5.69 Å². The van der Waals surface area contributed by atoms with Crippen molar-refractivity contribution in [2.75, 3.05) is 11.8 Å². The van der Waals surface area contributed by atoms with Crippen LogP contribution in [0.2, 0.25) is 0 Å². The van der Waals surface area contributed by atoms with E-state index in [2.05, 4.69) is 17.1 Å². The number of anilines is 1. The van der Waals surface area contributed by atoms with Gasteiger partial charge in [-0.3, -0.25) is 10.1 Å². The topological polar surface area (TPSA) is 103 Å². The summed E-state index contributed by atoms with van der Waals surface area (Å²) in [7, 11) is 0. The molecular formula is C20H17N5O4S. The maximum Gasteiger partial charge on any atom is 0.272 e. The van der Waals surface area contributed by atoms with Crippen LogP contribution in [0, 0.1) is 17.0 Å². The molecule has 30 heavy (non-hydrogen) atoms. The van der Waals surface area contributed by atoms with E-state index in [1.54, 1.807) is 24.6 Å². The molecule has 3 heterocycles. The molecule has 0 saturated carbocycles. The predicted molar refractivity (Wildman–Crippen MR) is 112 cm³/mol. The summed E-state index contributed by atoms with van der Waals surface area (Å²) in [5, 5.41) is 26.9. The molecule has 0 amide bonds. The summed E-state index contributed by atoms with van der Waals surface area (Å²) >= 11 is 1.41. The fraction of sp³-hybridized carbons (Fsp3) is 0.250. The van der Waals surface area contributed by atoms with Crippen molar-refractivity contribution in [3.05, 3.63) is 68.2 Å². The van der Waals surface area contributed by atoms with Crippen molar-refractivity contribution in [3.8, 4) is 11.5 Å². The Bertz CT molecular complexity index is 1180. The van der Waals surface area contributed by atoms with Gasteiger partial charge in [0, 0.05) is 22.8 Å². The summed E-state index contributed by atoms with van der Waals surface area (Å²) in [6.07, 6.45) is 0.713. The molecule has 10 heteroatoms. The Kier molecular flexibility index (Phi) is 4.35. The molecule has 0 N–H and O–H groups in total. The summed E-state index contributed by atoms with van der Waals surface area (Å²) in [6, 6.07) is 8.98. The first kappa shape index (κ1) is 18.5. The van der Waals surface area contributed by atoms with E-state index in [-0.39, 0.29) is 23.4 Å². The minimum atomic E-state index is -0.379. The molecule has 0 saturated heterocycles. The Labute approximate surface area is 175 Å². The molecule has 0 bridgehead atoms. The molecule has 0 spiro atoms. The zero-order valence-electron chi connectivity index (χ0n) is 16.2. The van der Waals surface area contributed by atoms with Crippen LogP contribution in [0.25, 0.3) is 0 Å². The summed E-state index contributed by atoms with van der Waals surface area (Å²) in [5.41, 5.74) is 5.76. The van der Waals surface area contributed by atoms with E-state index in [0.29, 0.717) is 34.3 Å². The van der Waals surface area contributed by atoms with E-state index < -0.39 is 0 Å². The highest BCUT2D eigenvalue weighted by molar-refractivity contribution is 7.13.